The summed E-state index contributed by atoms with van der Waals surface area (Å²) in [6.07, 6.45) is 5.02. The Hall–Kier alpha value is -1.02. The zero-order valence-electron chi connectivity index (χ0n) is 10.1. The summed E-state index contributed by atoms with van der Waals surface area (Å²) in [6, 6.07) is 5.06. The molecule has 2 nitrogen and oxygen atoms in total. The molecule has 1 aromatic carbocycles. The van der Waals surface area contributed by atoms with Gasteiger partial charge in [0.05, 0.1) is 7.11 Å². The molecule has 1 aliphatic carbocycles. The summed E-state index contributed by atoms with van der Waals surface area (Å²) in [5, 5.41) is 0. The SMILES string of the molecule is COc1ccc2c3c1CCN(C)[C@@H]3CCC2. The molecule has 0 radical (unpaired) electrons. The number of hydrogen-bond acceptors (Lipinski definition) is 2. The zero-order chi connectivity index (χ0) is 11.1. The van der Waals surface area contributed by atoms with Crippen LogP contribution in [0.1, 0.15) is 35.6 Å². The van der Waals surface area contributed by atoms with E-state index >= 15 is 0 Å². The number of likely N-dealkylation sites (N-methyl/N-ethyl adjacent to an activating group) is 1. The average Bonchev–Trinajstić information content (AvgIpc) is 2.34. The van der Waals surface area contributed by atoms with Crippen molar-refractivity contribution >= 4 is 0 Å². The Morgan fingerprint density at radius 1 is 1.31 bits per heavy atom. The lowest BCUT2D eigenvalue weighted by Crippen LogP contribution is -2.35. The summed E-state index contributed by atoms with van der Waals surface area (Å²) in [5.41, 5.74) is 4.61. The molecule has 0 spiro atoms. The Balaban J connectivity index is 2.18. The Kier molecular flexibility index (Phi) is 2.40. The van der Waals surface area contributed by atoms with Crippen LogP contribution in [0.25, 0.3) is 0 Å². The van der Waals surface area contributed by atoms with Crippen molar-refractivity contribution in [1.82, 2.24) is 4.90 Å². The number of aryl methyl sites for hydroxylation is 1. The van der Waals surface area contributed by atoms with E-state index in [0.29, 0.717) is 6.04 Å². The van der Waals surface area contributed by atoms with Gasteiger partial charge in [-0.1, -0.05) is 6.07 Å². The molecular weight excluding hydrogens is 198 g/mol. The normalized spacial score (nSPS) is 24.0. The van der Waals surface area contributed by atoms with Crippen LogP contribution in [0.4, 0.5) is 0 Å². The Morgan fingerprint density at radius 3 is 3.00 bits per heavy atom. The minimum atomic E-state index is 0.641. The molecule has 1 atom stereocenters. The van der Waals surface area contributed by atoms with Gasteiger partial charge in [-0.25, -0.2) is 0 Å². The Labute approximate surface area is 97.2 Å². The van der Waals surface area contributed by atoms with Gasteiger partial charge in [0.25, 0.3) is 0 Å². The smallest absolute Gasteiger partial charge is 0.122 e. The third-order valence-corrected chi connectivity index (χ3v) is 4.13. The first-order valence-corrected chi connectivity index (χ1v) is 6.20. The van der Waals surface area contributed by atoms with Crippen molar-refractivity contribution < 1.29 is 4.74 Å². The van der Waals surface area contributed by atoms with Gasteiger partial charge in [0.1, 0.15) is 5.75 Å². The Bertz CT molecular complexity index is 413. The molecular formula is C14H19NO. The highest BCUT2D eigenvalue weighted by molar-refractivity contribution is 5.49. The van der Waals surface area contributed by atoms with Crippen molar-refractivity contribution in [2.75, 3.05) is 20.7 Å². The first kappa shape index (κ1) is 10.2. The maximum atomic E-state index is 5.50. The van der Waals surface area contributed by atoms with Crippen LogP contribution in [-0.4, -0.2) is 25.6 Å². The molecule has 1 heterocycles. The minimum absolute atomic E-state index is 0.641. The monoisotopic (exact) mass is 217 g/mol. The largest absolute Gasteiger partial charge is 0.496 e. The molecule has 2 aliphatic rings. The third kappa shape index (κ3) is 1.36. The highest BCUT2D eigenvalue weighted by Crippen LogP contribution is 2.42. The van der Waals surface area contributed by atoms with E-state index in [0.717, 1.165) is 18.7 Å². The molecule has 0 N–H and O–H groups in total. The number of benzene rings is 1. The number of nitrogens with zero attached hydrogens (tertiary/aromatic N) is 1. The molecule has 0 fully saturated rings. The summed E-state index contributed by atoms with van der Waals surface area (Å²) >= 11 is 0. The summed E-state index contributed by atoms with van der Waals surface area (Å²) in [4.78, 5) is 2.50. The van der Waals surface area contributed by atoms with Gasteiger partial charge >= 0.3 is 0 Å². The Morgan fingerprint density at radius 2 is 2.19 bits per heavy atom. The molecule has 0 aromatic heterocycles. The van der Waals surface area contributed by atoms with Crippen LogP contribution in [0, 0.1) is 0 Å². The van der Waals surface area contributed by atoms with Crippen molar-refractivity contribution in [3.05, 3.63) is 28.8 Å². The summed E-state index contributed by atoms with van der Waals surface area (Å²) in [6.45, 7) is 1.16. The molecule has 16 heavy (non-hydrogen) atoms. The van der Waals surface area contributed by atoms with E-state index in [-0.39, 0.29) is 0 Å². The lowest BCUT2D eigenvalue weighted by molar-refractivity contribution is 0.205. The van der Waals surface area contributed by atoms with Crippen LogP contribution in [0.2, 0.25) is 0 Å². The van der Waals surface area contributed by atoms with Gasteiger partial charge in [0.15, 0.2) is 0 Å². The van der Waals surface area contributed by atoms with Gasteiger partial charge in [-0.3, -0.25) is 4.90 Å². The molecule has 1 aliphatic heterocycles. The third-order valence-electron chi connectivity index (χ3n) is 4.13. The predicted octanol–water partition coefficient (Wildman–Crippen LogP) is 2.56. The molecule has 0 bridgehead atoms. The number of methoxy groups -OCH3 is 1. The second-order valence-corrected chi connectivity index (χ2v) is 4.96. The van der Waals surface area contributed by atoms with Crippen LogP contribution in [-0.2, 0) is 12.8 Å². The van der Waals surface area contributed by atoms with Crippen molar-refractivity contribution in [2.45, 2.75) is 31.7 Å². The first-order valence-electron chi connectivity index (χ1n) is 6.20. The minimum Gasteiger partial charge on any atom is -0.496 e. The number of hydrogen-bond donors (Lipinski definition) is 0. The molecule has 86 valence electrons. The van der Waals surface area contributed by atoms with E-state index < -0.39 is 0 Å². The van der Waals surface area contributed by atoms with E-state index in [2.05, 4.69) is 24.1 Å². The highest BCUT2D eigenvalue weighted by atomic mass is 16.5. The van der Waals surface area contributed by atoms with Crippen molar-refractivity contribution in [2.24, 2.45) is 0 Å². The van der Waals surface area contributed by atoms with Crippen LogP contribution < -0.4 is 4.74 Å². The molecule has 3 rings (SSSR count). The summed E-state index contributed by atoms with van der Waals surface area (Å²) < 4.78 is 5.50. The standard InChI is InChI=1S/C14H19NO/c1-15-9-8-11-13(16-2)7-6-10-4-3-5-12(15)14(10)11/h6-7,12H,3-5,8-9H2,1-2H3/t12-/m1/s1. The maximum absolute atomic E-state index is 5.50. The van der Waals surface area contributed by atoms with Crippen LogP contribution >= 0.6 is 0 Å². The van der Waals surface area contributed by atoms with Gasteiger partial charge in [-0.05, 0) is 49.9 Å². The maximum Gasteiger partial charge on any atom is 0.122 e. The quantitative estimate of drug-likeness (QED) is 0.717. The second kappa shape index (κ2) is 3.77. The molecule has 0 saturated heterocycles. The summed E-state index contributed by atoms with van der Waals surface area (Å²) in [7, 11) is 4.04. The molecule has 2 heteroatoms. The van der Waals surface area contributed by atoms with Crippen LogP contribution in [0.3, 0.4) is 0 Å². The van der Waals surface area contributed by atoms with Crippen LogP contribution in [0.15, 0.2) is 12.1 Å². The fourth-order valence-electron chi connectivity index (χ4n) is 3.29. The van der Waals surface area contributed by atoms with E-state index in [9.17, 15) is 0 Å². The van der Waals surface area contributed by atoms with E-state index in [1.54, 1.807) is 18.2 Å². The van der Waals surface area contributed by atoms with E-state index in [4.69, 9.17) is 4.74 Å². The zero-order valence-corrected chi connectivity index (χ0v) is 10.1. The summed E-state index contributed by atoms with van der Waals surface area (Å²) in [5.74, 6) is 1.10. The van der Waals surface area contributed by atoms with Gasteiger partial charge in [0, 0.05) is 18.2 Å². The average molecular weight is 217 g/mol. The first-order chi connectivity index (χ1) is 7.81. The van der Waals surface area contributed by atoms with Crippen LogP contribution in [0.5, 0.6) is 5.75 Å². The van der Waals surface area contributed by atoms with Crippen molar-refractivity contribution in [1.29, 1.82) is 0 Å². The number of ether oxygens (including phenoxy) is 1. The van der Waals surface area contributed by atoms with E-state index in [1.807, 2.05) is 0 Å². The number of rotatable bonds is 1. The second-order valence-electron chi connectivity index (χ2n) is 4.96. The van der Waals surface area contributed by atoms with Crippen molar-refractivity contribution in [3.63, 3.8) is 0 Å². The molecule has 1 aromatic rings. The molecule has 0 amide bonds. The van der Waals surface area contributed by atoms with Gasteiger partial charge in [0.2, 0.25) is 0 Å². The lowest BCUT2D eigenvalue weighted by atomic mass is 9.80. The molecule has 0 unspecified atom stereocenters. The topological polar surface area (TPSA) is 12.5 Å². The fourth-order valence-corrected chi connectivity index (χ4v) is 3.29. The van der Waals surface area contributed by atoms with Crippen molar-refractivity contribution in [3.8, 4) is 5.75 Å². The predicted molar refractivity (Wildman–Crippen MR) is 65.0 cm³/mol. The van der Waals surface area contributed by atoms with Gasteiger partial charge in [-0.15, -0.1) is 0 Å². The van der Waals surface area contributed by atoms with Gasteiger partial charge in [-0.2, -0.15) is 0 Å². The lowest BCUT2D eigenvalue weighted by Gasteiger charge is -2.39. The molecule has 0 saturated carbocycles. The van der Waals surface area contributed by atoms with Gasteiger partial charge < -0.3 is 4.74 Å². The fraction of sp³-hybridized carbons (Fsp3) is 0.571. The highest BCUT2D eigenvalue weighted by Gasteiger charge is 2.31. The van der Waals surface area contributed by atoms with E-state index in [1.165, 1.54) is 24.8 Å².